The number of hydrogen-bond donors (Lipinski definition) is 0. The van der Waals surface area contributed by atoms with Crippen LogP contribution < -0.4 is 32.8 Å². The molecule has 10 radical (unpaired) electrons. The Kier molecular flexibility index (Phi) is 75.4. The van der Waals surface area contributed by atoms with Crippen LogP contribution in [0.25, 0.3) is 44.9 Å². The van der Waals surface area contributed by atoms with Crippen molar-refractivity contribution in [2.45, 2.75) is 239 Å². The van der Waals surface area contributed by atoms with Crippen molar-refractivity contribution in [3.8, 4) is 44.9 Å². The van der Waals surface area contributed by atoms with E-state index >= 15 is 0 Å². The first-order valence-corrected chi connectivity index (χ1v) is 45.8. The van der Waals surface area contributed by atoms with Gasteiger partial charge >= 0.3 is 7.12 Å². The summed E-state index contributed by atoms with van der Waals surface area (Å²) in [5.41, 5.74) is 25.1. The van der Waals surface area contributed by atoms with Gasteiger partial charge in [-0.05, 0) is 79.5 Å². The minimum atomic E-state index is -0.249. The van der Waals surface area contributed by atoms with Gasteiger partial charge in [0.15, 0.2) is 12.1 Å². The highest BCUT2D eigenvalue weighted by molar-refractivity contribution is 8.17. The van der Waals surface area contributed by atoms with E-state index in [0.717, 1.165) is 83.2 Å². The summed E-state index contributed by atoms with van der Waals surface area (Å²) in [6.07, 6.45) is 5.34. The summed E-state index contributed by atoms with van der Waals surface area (Å²) in [7, 11) is 28.3. The standard InChI is InChI=1S/C18H14BN.C17H13BN2.C17H17BO2.C17H17BS2.C16H16B2O2.10C2H6.5CH4/c1-13-2-4-15(5-3-13)18-11-8-16(12-20-18)14-6-9-17(19)10-7-14;3*1-12-2-4-14(5-3-12)17-19-10-15(11-20-17)13-6-8-16(18)9-7-13;1-12-2-8-16(9-3-12)18-19-10-14(11-20-18)13-4-6-15(17)7-5-13;10*1-2;;;;;/h2-12H,1H3;2-11H,1H3;2*2-9,15,17H,10-11H2,1H3;2-9,14H,10-11H2,1H3;10*1-2H3;5*1H4. The zero-order valence-electron chi connectivity index (χ0n) is 77.4. The molecule has 5 heterocycles. The number of aryl methyl sites for hydroxylation is 5. The van der Waals surface area contributed by atoms with Crippen molar-refractivity contribution in [3.05, 3.63) is 329 Å². The smallest absolute Gasteiger partial charge is 0.407 e. The Labute approximate surface area is 781 Å². The van der Waals surface area contributed by atoms with Gasteiger partial charge in [-0.1, -0.05) is 479 Å². The molecule has 7 nitrogen and oxygen atoms in total. The maximum Gasteiger partial charge on any atom is 0.493 e. The summed E-state index contributed by atoms with van der Waals surface area (Å²) >= 11 is 4.12. The highest BCUT2D eigenvalue weighted by Crippen LogP contribution is 2.48. The Morgan fingerprint density at radius 1 is 0.264 bits per heavy atom. The molecule has 3 aliphatic rings. The predicted molar refractivity (Wildman–Crippen MR) is 572 cm³/mol. The Morgan fingerprint density at radius 2 is 0.528 bits per heavy atom. The number of pyridine rings is 1. The molecule has 15 heteroatoms. The Hall–Kier alpha value is -8.64. The van der Waals surface area contributed by atoms with E-state index < -0.39 is 0 Å². The van der Waals surface area contributed by atoms with E-state index in [2.05, 4.69) is 207 Å². The molecule has 0 atom stereocenters. The lowest BCUT2D eigenvalue weighted by Gasteiger charge is -2.30. The summed E-state index contributed by atoms with van der Waals surface area (Å²) in [6.45, 7) is 53.1. The molecule has 0 bridgehead atoms. The third-order valence-corrected chi connectivity index (χ3v) is 20.7. The van der Waals surface area contributed by atoms with Gasteiger partial charge in [0.1, 0.15) is 39.2 Å². The summed E-state index contributed by atoms with van der Waals surface area (Å²) < 4.78 is 24.0. The molecule has 0 unspecified atom stereocenters. The van der Waals surface area contributed by atoms with Crippen molar-refractivity contribution < 1.29 is 18.8 Å². The lowest BCUT2D eigenvalue weighted by atomic mass is 9.77. The van der Waals surface area contributed by atoms with Crippen LogP contribution in [0.4, 0.5) is 0 Å². The molecule has 12 aromatic rings. The van der Waals surface area contributed by atoms with Crippen LogP contribution in [0.1, 0.15) is 260 Å². The molecule has 3 fully saturated rings. The predicted octanol–water partition coefficient (Wildman–Crippen LogP) is 27.9. The van der Waals surface area contributed by atoms with Crippen LogP contribution in [0.3, 0.4) is 0 Å². The Morgan fingerprint density at radius 3 is 0.872 bits per heavy atom. The maximum absolute atomic E-state index is 5.85. The quantitative estimate of drug-likeness (QED) is 0.124. The number of aromatic nitrogens is 3. The van der Waals surface area contributed by atoms with Crippen LogP contribution in [-0.4, -0.2) is 99.2 Å². The van der Waals surface area contributed by atoms with Crippen LogP contribution in [0.5, 0.6) is 0 Å². The third kappa shape index (κ3) is 45.1. The van der Waals surface area contributed by atoms with Crippen molar-refractivity contribution in [1.29, 1.82) is 0 Å². The topological polar surface area (TPSA) is 75.6 Å². The number of rotatable bonds is 10. The van der Waals surface area contributed by atoms with Crippen LogP contribution >= 0.6 is 23.5 Å². The van der Waals surface area contributed by atoms with Gasteiger partial charge in [-0.15, -0.1) is 23.5 Å². The number of thioether (sulfide) groups is 2. The van der Waals surface area contributed by atoms with Gasteiger partial charge in [0.05, 0.1) is 23.5 Å². The van der Waals surface area contributed by atoms with E-state index in [-0.39, 0.29) is 62.4 Å². The van der Waals surface area contributed by atoms with E-state index in [9.17, 15) is 0 Å². The van der Waals surface area contributed by atoms with Gasteiger partial charge in [0.2, 0.25) is 0 Å². The third-order valence-electron chi connectivity index (χ3n) is 17.5. The summed E-state index contributed by atoms with van der Waals surface area (Å²) in [5.74, 6) is 4.32. The van der Waals surface area contributed by atoms with Gasteiger partial charge < -0.3 is 18.8 Å². The molecule has 15 rings (SSSR count). The summed E-state index contributed by atoms with van der Waals surface area (Å²) in [5, 5.41) is 0. The molecule has 10 aromatic carbocycles. The van der Waals surface area contributed by atoms with E-state index in [4.69, 9.17) is 58.0 Å². The molecule has 0 aliphatic carbocycles. The first kappa shape index (κ1) is 125. The number of ether oxygens (including phenoxy) is 2. The lowest BCUT2D eigenvalue weighted by Crippen LogP contribution is -2.43. The van der Waals surface area contributed by atoms with Crippen molar-refractivity contribution in [2.24, 2.45) is 0 Å². The molecular formula is C110H157B6N3O4S2. The molecule has 0 spiro atoms. The summed E-state index contributed by atoms with van der Waals surface area (Å²) in [4.78, 5) is 13.4. The lowest BCUT2D eigenvalue weighted by molar-refractivity contribution is -0.191. The number of nitrogens with zero attached hydrogens (tertiary/aromatic N) is 3. The molecule has 2 aromatic heterocycles. The van der Waals surface area contributed by atoms with Crippen molar-refractivity contribution in [1.82, 2.24) is 15.0 Å². The minimum Gasteiger partial charge on any atom is -0.407 e. The second-order valence-corrected chi connectivity index (χ2v) is 28.1. The second kappa shape index (κ2) is 75.5. The fourth-order valence-corrected chi connectivity index (χ4v) is 14.4. The van der Waals surface area contributed by atoms with Crippen LogP contribution in [0.2, 0.25) is 0 Å². The molecule has 666 valence electrons. The van der Waals surface area contributed by atoms with Crippen molar-refractivity contribution in [3.63, 3.8) is 0 Å². The Bertz CT molecular complexity index is 3760. The van der Waals surface area contributed by atoms with Crippen molar-refractivity contribution >= 4 is 103 Å². The molecule has 0 N–H and O–H groups in total. The van der Waals surface area contributed by atoms with Gasteiger partial charge in [0.25, 0.3) is 0 Å². The average Bonchev–Trinajstić information content (AvgIpc) is 0.855. The first-order valence-electron chi connectivity index (χ1n) is 43.7. The van der Waals surface area contributed by atoms with Gasteiger partial charge in [-0.3, -0.25) is 4.98 Å². The maximum atomic E-state index is 5.85. The van der Waals surface area contributed by atoms with E-state index in [1.165, 1.54) is 61.6 Å². The number of hydrogen-bond acceptors (Lipinski definition) is 9. The SMILES string of the molecule is C.C.C.C.C.CC.CC.CC.CC.CC.CC.CC.CC.CC.CC.[B]c1ccc(-c2ccc(-c3ccc(C)cc3)nc2)cc1.[B]c1ccc(-c2cnc(-c3ccc(C)cc3)nc2)cc1.[B]c1ccc(C2COB(c3ccc(C)cc3)OC2)cc1.[B]c1ccc(C2COC(c3ccc(C)cc3)OC2)cc1.[B]c1ccc(C2CSC(c3ccc(C)cc3)SC2)cc1. The zero-order valence-corrected chi connectivity index (χ0v) is 79.0. The molecular weight excluding hydrogens is 1560 g/mol. The fourth-order valence-electron chi connectivity index (χ4n) is 11.3. The minimum absolute atomic E-state index is 0. The molecule has 3 saturated heterocycles. The van der Waals surface area contributed by atoms with Gasteiger partial charge in [-0.2, -0.15) is 0 Å². The first-order chi connectivity index (χ1) is 58.6. The van der Waals surface area contributed by atoms with E-state index in [0.29, 0.717) is 36.9 Å². The van der Waals surface area contributed by atoms with Crippen molar-refractivity contribution in [2.75, 3.05) is 37.9 Å². The van der Waals surface area contributed by atoms with Crippen LogP contribution in [-0.2, 0) is 18.8 Å². The molecule has 3 aliphatic heterocycles. The second-order valence-electron chi connectivity index (χ2n) is 25.5. The molecule has 0 amide bonds. The normalized spacial score (nSPS) is 13.7. The van der Waals surface area contributed by atoms with Gasteiger partial charge in [-0.25, -0.2) is 9.97 Å². The molecule has 125 heavy (non-hydrogen) atoms. The van der Waals surface area contributed by atoms with E-state index in [1.54, 1.807) is 0 Å². The highest BCUT2D eigenvalue weighted by Gasteiger charge is 2.30. The highest BCUT2D eigenvalue weighted by atomic mass is 32.2. The zero-order chi connectivity index (χ0) is 89.7. The average molecular weight is 1710 g/mol. The molecule has 0 saturated carbocycles. The van der Waals surface area contributed by atoms with E-state index in [1.807, 2.05) is 278 Å². The van der Waals surface area contributed by atoms with Crippen LogP contribution in [0.15, 0.2) is 273 Å². The fraction of sp³-hybridized carbons (Fsp3) is 0.373. The Balaban J connectivity index is -0.000000452. The van der Waals surface area contributed by atoms with Crippen LogP contribution in [0, 0.1) is 34.6 Å². The number of benzene rings is 10. The monoisotopic (exact) mass is 1710 g/mol. The largest absolute Gasteiger partial charge is 0.493 e. The van der Waals surface area contributed by atoms with Gasteiger partial charge in [0, 0.05) is 88.9 Å². The summed E-state index contributed by atoms with van der Waals surface area (Å²) in [6, 6.07) is 86.0.